The maximum atomic E-state index is 11.2. The molecule has 1 aliphatic rings. The first-order valence-electron chi connectivity index (χ1n) is 3.90. The molecule has 4 heteroatoms. The molecule has 0 radical (unpaired) electrons. The Morgan fingerprint density at radius 2 is 2.55 bits per heavy atom. The van der Waals surface area contributed by atoms with Crippen LogP contribution in [-0.2, 0) is 15.5 Å². The highest BCUT2D eigenvalue weighted by Crippen LogP contribution is 1.98. The van der Waals surface area contributed by atoms with Crippen LogP contribution in [0.15, 0.2) is 0 Å². The minimum atomic E-state index is -0.632. The van der Waals surface area contributed by atoms with E-state index in [0.717, 1.165) is 24.5 Å². The van der Waals surface area contributed by atoms with E-state index in [1.807, 2.05) is 0 Å². The Bertz CT molecular complexity index is 140. The van der Waals surface area contributed by atoms with Gasteiger partial charge < -0.3 is 10.1 Å². The average molecular weight is 177 g/mol. The summed E-state index contributed by atoms with van der Waals surface area (Å²) in [7, 11) is 1.04. The van der Waals surface area contributed by atoms with Crippen LogP contribution >= 0.6 is 0 Å². The highest BCUT2D eigenvalue weighted by Gasteiger charge is 2.15. The Hall–Kier alpha value is 0.0700. The second-order valence-corrected chi connectivity index (χ2v) is 4.39. The van der Waals surface area contributed by atoms with Gasteiger partial charge in [0.2, 0.25) is 0 Å². The smallest absolute Gasteiger partial charge is 0.0624 e. The van der Waals surface area contributed by atoms with Crippen molar-refractivity contribution in [2.24, 2.45) is 0 Å². The molecule has 0 aromatic rings. The van der Waals surface area contributed by atoms with Crippen molar-refractivity contribution in [1.82, 2.24) is 5.32 Å². The van der Waals surface area contributed by atoms with Crippen molar-refractivity contribution in [3.8, 4) is 0 Å². The molecule has 3 nitrogen and oxygen atoms in total. The highest BCUT2D eigenvalue weighted by molar-refractivity contribution is 7.85. The van der Waals surface area contributed by atoms with Gasteiger partial charge in [0.1, 0.15) is 0 Å². The monoisotopic (exact) mass is 177 g/mol. The summed E-state index contributed by atoms with van der Waals surface area (Å²) < 4.78 is 16.2. The van der Waals surface area contributed by atoms with E-state index in [1.165, 1.54) is 0 Å². The molecule has 2 unspecified atom stereocenters. The maximum Gasteiger partial charge on any atom is 0.0624 e. The Morgan fingerprint density at radius 1 is 1.73 bits per heavy atom. The van der Waals surface area contributed by atoms with Crippen LogP contribution in [0.5, 0.6) is 0 Å². The minimum absolute atomic E-state index is 0.295. The second-order valence-electron chi connectivity index (χ2n) is 2.77. The van der Waals surface area contributed by atoms with E-state index in [-0.39, 0.29) is 0 Å². The molecule has 0 spiro atoms. The second kappa shape index (κ2) is 4.85. The molecule has 0 aliphatic carbocycles. The van der Waals surface area contributed by atoms with Gasteiger partial charge in [0, 0.05) is 35.5 Å². The van der Waals surface area contributed by atoms with Gasteiger partial charge in [-0.15, -0.1) is 0 Å². The number of hydrogen-bond donors (Lipinski definition) is 1. The van der Waals surface area contributed by atoms with Crippen molar-refractivity contribution in [3.63, 3.8) is 0 Å². The predicted molar refractivity (Wildman–Crippen MR) is 46.2 cm³/mol. The van der Waals surface area contributed by atoms with Crippen molar-refractivity contribution < 1.29 is 8.95 Å². The summed E-state index contributed by atoms with van der Waals surface area (Å²) in [5, 5.41) is 3.29. The third-order valence-electron chi connectivity index (χ3n) is 1.74. The minimum Gasteiger partial charge on any atom is -0.383 e. The fourth-order valence-electron chi connectivity index (χ4n) is 1.21. The van der Waals surface area contributed by atoms with Crippen LogP contribution in [0.3, 0.4) is 0 Å². The van der Waals surface area contributed by atoms with E-state index >= 15 is 0 Å². The van der Waals surface area contributed by atoms with E-state index in [2.05, 4.69) is 5.32 Å². The van der Waals surface area contributed by atoms with Crippen LogP contribution in [0.2, 0.25) is 0 Å². The molecule has 2 atom stereocenters. The van der Waals surface area contributed by atoms with E-state index in [0.29, 0.717) is 12.6 Å². The third kappa shape index (κ3) is 3.31. The summed E-state index contributed by atoms with van der Waals surface area (Å²) in [5.74, 6) is 1.58. The van der Waals surface area contributed by atoms with E-state index < -0.39 is 10.8 Å². The molecule has 1 heterocycles. The first-order chi connectivity index (χ1) is 5.33. The van der Waals surface area contributed by atoms with Gasteiger partial charge in [-0.25, -0.2) is 0 Å². The standard InChI is InChI=1S/C7H15NO2S/c1-10-5-7-6-11(9)4-2-3-8-7/h7-8H,2-6H2,1H3. The lowest BCUT2D eigenvalue weighted by atomic mass is 10.3. The van der Waals surface area contributed by atoms with Gasteiger partial charge >= 0.3 is 0 Å². The average Bonchev–Trinajstić information content (AvgIpc) is 2.15. The molecular formula is C7H15NO2S. The quantitative estimate of drug-likeness (QED) is 0.632. The lowest BCUT2D eigenvalue weighted by Gasteiger charge is -2.12. The predicted octanol–water partition coefficient (Wildman–Crippen LogP) is -0.257. The van der Waals surface area contributed by atoms with Gasteiger partial charge in [0.05, 0.1) is 6.61 Å². The van der Waals surface area contributed by atoms with Crippen molar-refractivity contribution in [2.75, 3.05) is 31.8 Å². The Balaban J connectivity index is 2.33. The van der Waals surface area contributed by atoms with Crippen LogP contribution in [0.1, 0.15) is 6.42 Å². The van der Waals surface area contributed by atoms with Gasteiger partial charge in [-0.3, -0.25) is 4.21 Å². The lowest BCUT2D eigenvalue weighted by Crippen LogP contribution is -2.36. The summed E-state index contributed by atoms with van der Waals surface area (Å²) in [6.45, 7) is 1.64. The molecule has 0 aromatic heterocycles. The van der Waals surface area contributed by atoms with Gasteiger partial charge in [-0.1, -0.05) is 0 Å². The summed E-state index contributed by atoms with van der Waals surface area (Å²) in [6, 6.07) is 0.295. The Kier molecular flexibility index (Phi) is 4.04. The highest BCUT2D eigenvalue weighted by atomic mass is 32.2. The Morgan fingerprint density at radius 3 is 3.27 bits per heavy atom. The molecule has 66 valence electrons. The van der Waals surface area contributed by atoms with Crippen LogP contribution in [0.25, 0.3) is 0 Å². The van der Waals surface area contributed by atoms with E-state index in [4.69, 9.17) is 4.74 Å². The molecule has 0 bridgehead atoms. The van der Waals surface area contributed by atoms with Gasteiger partial charge in [-0.05, 0) is 13.0 Å². The zero-order valence-corrected chi connectivity index (χ0v) is 7.65. The first-order valence-corrected chi connectivity index (χ1v) is 5.39. The van der Waals surface area contributed by atoms with Crippen LogP contribution in [-0.4, -0.2) is 42.0 Å². The molecule has 1 N–H and O–H groups in total. The summed E-state index contributed by atoms with van der Waals surface area (Å²) in [4.78, 5) is 0. The van der Waals surface area contributed by atoms with Crippen molar-refractivity contribution in [3.05, 3.63) is 0 Å². The molecule has 1 aliphatic heterocycles. The van der Waals surface area contributed by atoms with Gasteiger partial charge in [-0.2, -0.15) is 0 Å². The fraction of sp³-hybridized carbons (Fsp3) is 1.00. The summed E-state index contributed by atoms with van der Waals surface area (Å²) in [6.07, 6.45) is 1.02. The maximum absolute atomic E-state index is 11.2. The lowest BCUT2D eigenvalue weighted by molar-refractivity contribution is 0.174. The van der Waals surface area contributed by atoms with Crippen LogP contribution < -0.4 is 5.32 Å². The van der Waals surface area contributed by atoms with E-state index in [9.17, 15) is 4.21 Å². The summed E-state index contributed by atoms with van der Waals surface area (Å²) >= 11 is 0. The number of nitrogens with one attached hydrogen (secondary N) is 1. The normalized spacial score (nSPS) is 33.2. The van der Waals surface area contributed by atoms with Gasteiger partial charge in [0.15, 0.2) is 0 Å². The number of methoxy groups -OCH3 is 1. The van der Waals surface area contributed by atoms with Crippen molar-refractivity contribution in [1.29, 1.82) is 0 Å². The zero-order chi connectivity index (χ0) is 8.10. The topological polar surface area (TPSA) is 38.3 Å². The van der Waals surface area contributed by atoms with E-state index in [1.54, 1.807) is 7.11 Å². The third-order valence-corrected chi connectivity index (χ3v) is 3.25. The van der Waals surface area contributed by atoms with Crippen LogP contribution in [0, 0.1) is 0 Å². The number of ether oxygens (including phenoxy) is 1. The molecule has 1 rings (SSSR count). The largest absolute Gasteiger partial charge is 0.383 e. The molecular weight excluding hydrogens is 162 g/mol. The molecule has 0 amide bonds. The zero-order valence-electron chi connectivity index (χ0n) is 6.84. The molecule has 0 saturated carbocycles. The summed E-state index contributed by atoms with van der Waals surface area (Å²) in [5.41, 5.74) is 0. The fourth-order valence-corrected chi connectivity index (χ4v) is 2.51. The molecule has 1 fully saturated rings. The molecule has 0 aromatic carbocycles. The van der Waals surface area contributed by atoms with Crippen molar-refractivity contribution in [2.45, 2.75) is 12.5 Å². The Labute approximate surface area is 70.0 Å². The molecule has 1 saturated heterocycles. The van der Waals surface area contributed by atoms with Crippen molar-refractivity contribution >= 4 is 10.8 Å². The number of rotatable bonds is 2. The number of hydrogen-bond acceptors (Lipinski definition) is 3. The van der Waals surface area contributed by atoms with Crippen LogP contribution in [0.4, 0.5) is 0 Å². The first kappa shape index (κ1) is 9.16. The molecule has 11 heavy (non-hydrogen) atoms. The SMILES string of the molecule is COCC1CS(=O)CCCN1. The van der Waals surface area contributed by atoms with Gasteiger partial charge in [0.25, 0.3) is 0 Å².